The topological polar surface area (TPSA) is 85.9 Å². The van der Waals surface area contributed by atoms with Crippen LogP contribution in [0.1, 0.15) is 35.3 Å². The molecule has 9 heteroatoms. The van der Waals surface area contributed by atoms with E-state index in [1.807, 2.05) is 35.2 Å². The predicted molar refractivity (Wildman–Crippen MR) is 114 cm³/mol. The molecule has 1 saturated heterocycles. The van der Waals surface area contributed by atoms with Crippen LogP contribution in [-0.4, -0.2) is 43.0 Å². The van der Waals surface area contributed by atoms with Crippen LogP contribution in [0.4, 0.5) is 0 Å². The summed E-state index contributed by atoms with van der Waals surface area (Å²) in [7, 11) is 0. The molecule has 0 spiro atoms. The zero-order valence-electron chi connectivity index (χ0n) is 16.4. The van der Waals surface area contributed by atoms with Gasteiger partial charge in [0.25, 0.3) is 0 Å². The molecule has 8 nitrogen and oxygen atoms in total. The third-order valence-electron chi connectivity index (χ3n) is 5.15. The van der Waals surface area contributed by atoms with Gasteiger partial charge in [0.2, 0.25) is 22.5 Å². The quantitative estimate of drug-likeness (QED) is 0.611. The average molecular weight is 426 g/mol. The number of rotatable bonds is 6. The number of hydrogen-bond acceptors (Lipinski definition) is 5. The smallest absolute Gasteiger partial charge is 0.302 e. The average Bonchev–Trinajstić information content (AvgIpc) is 3.17. The number of fused-ring (bicyclic) bond motifs is 1. The predicted octanol–water partition coefficient (Wildman–Crippen LogP) is 2.16. The summed E-state index contributed by atoms with van der Waals surface area (Å²) >= 11 is 3.86. The Morgan fingerprint density at radius 3 is 2.50 bits per heavy atom. The Labute approximate surface area is 178 Å². The van der Waals surface area contributed by atoms with E-state index < -0.39 is 10.7 Å². The van der Waals surface area contributed by atoms with Gasteiger partial charge in [0.1, 0.15) is 13.2 Å². The summed E-state index contributed by atoms with van der Waals surface area (Å²) in [6.07, 6.45) is 6.26. The molecule has 2 aromatic heterocycles. The van der Waals surface area contributed by atoms with Crippen LogP contribution in [0.5, 0.6) is 5.75 Å². The molecule has 0 radical (unpaired) electrons. The number of amides is 1. The Kier molecular flexibility index (Phi) is 5.89. The lowest BCUT2D eigenvalue weighted by molar-refractivity contribution is -0.132. The van der Waals surface area contributed by atoms with Crippen LogP contribution in [0.15, 0.2) is 47.5 Å². The van der Waals surface area contributed by atoms with Crippen molar-refractivity contribution < 1.29 is 14.3 Å². The van der Waals surface area contributed by atoms with E-state index in [1.165, 1.54) is 10.6 Å². The summed E-state index contributed by atoms with van der Waals surface area (Å²) in [6, 6.07) is 9.31. The second-order valence-corrected chi connectivity index (χ2v) is 7.62. The molecule has 4 rings (SSSR count). The van der Waals surface area contributed by atoms with Gasteiger partial charge in [-0.1, -0.05) is 43.0 Å². The molecule has 3 aromatic rings. The first-order valence-corrected chi connectivity index (χ1v) is 10.3. The highest BCUT2D eigenvalue weighted by Crippen LogP contribution is 2.18. The maximum atomic E-state index is 13.0. The normalized spacial score (nSPS) is 14.1. The van der Waals surface area contributed by atoms with Crippen LogP contribution >= 0.6 is 12.6 Å². The number of carbonyl (C=O) groups is 2. The highest BCUT2D eigenvalue weighted by molar-refractivity contribution is 7.97. The molecule has 3 heterocycles. The van der Waals surface area contributed by atoms with E-state index in [0.717, 1.165) is 37.9 Å². The Balaban J connectivity index is 1.65. The fourth-order valence-electron chi connectivity index (χ4n) is 3.57. The number of ether oxygens (including phenoxy) is 1. The van der Waals surface area contributed by atoms with E-state index >= 15 is 0 Å². The fourth-order valence-corrected chi connectivity index (χ4v) is 3.73. The van der Waals surface area contributed by atoms with E-state index in [9.17, 15) is 14.4 Å². The molecule has 0 unspecified atom stereocenters. The highest BCUT2D eigenvalue weighted by Gasteiger charge is 2.22. The van der Waals surface area contributed by atoms with Crippen LogP contribution < -0.4 is 10.3 Å². The maximum Gasteiger partial charge on any atom is 0.302 e. The minimum atomic E-state index is -0.673. The van der Waals surface area contributed by atoms with Gasteiger partial charge >= 0.3 is 5.56 Å². The second-order valence-electron chi connectivity index (χ2n) is 7.21. The number of imidazole rings is 1. The monoisotopic (exact) mass is 426 g/mol. The van der Waals surface area contributed by atoms with Gasteiger partial charge in [-0.15, -0.1) is 0 Å². The summed E-state index contributed by atoms with van der Waals surface area (Å²) in [4.78, 5) is 43.8. The molecule has 0 saturated carbocycles. The number of thiol groups is 1. The van der Waals surface area contributed by atoms with Crippen LogP contribution in [0.25, 0.3) is 5.78 Å². The number of nitrogens with zero attached hydrogens (tertiary/aromatic N) is 4. The van der Waals surface area contributed by atoms with Crippen LogP contribution in [0, 0.1) is 0 Å². The molecular weight excluding hydrogens is 404 g/mol. The van der Waals surface area contributed by atoms with Gasteiger partial charge in [0, 0.05) is 25.5 Å². The largest absolute Gasteiger partial charge is 0.481 e. The molecule has 1 amide bonds. The third kappa shape index (κ3) is 4.11. The van der Waals surface area contributed by atoms with Crippen molar-refractivity contribution in [1.29, 1.82) is 0 Å². The standard InChI is InChI=1S/C21H22N4O4S/c26-16(23-9-5-2-6-10-23)13-24-11-12-25-19(27)18(17(20(28)30)22-21(24)25)29-14-15-7-3-1-4-8-15/h1,3-4,7-8,11-12H,2,5-6,9-10,13-14H2,(H,28,30). The van der Waals surface area contributed by atoms with E-state index in [0.29, 0.717) is 0 Å². The second kappa shape index (κ2) is 8.74. The molecule has 0 aliphatic carbocycles. The fraction of sp³-hybridized carbons (Fsp3) is 0.333. The Hall–Kier alpha value is -3.07. The zero-order valence-corrected chi connectivity index (χ0v) is 17.3. The van der Waals surface area contributed by atoms with Crippen LogP contribution in [-0.2, 0) is 17.9 Å². The Morgan fingerprint density at radius 2 is 1.80 bits per heavy atom. The van der Waals surface area contributed by atoms with Gasteiger partial charge < -0.3 is 14.2 Å². The number of hydrogen-bond donors (Lipinski definition) is 1. The first kappa shape index (κ1) is 20.2. The van der Waals surface area contributed by atoms with Gasteiger partial charge in [-0.05, 0) is 24.8 Å². The van der Waals surface area contributed by atoms with Crippen LogP contribution in [0.2, 0.25) is 0 Å². The van der Waals surface area contributed by atoms with E-state index in [2.05, 4.69) is 17.6 Å². The molecule has 0 N–H and O–H groups in total. The van der Waals surface area contributed by atoms with Crippen molar-refractivity contribution in [2.45, 2.75) is 32.4 Å². The van der Waals surface area contributed by atoms with Gasteiger partial charge in [-0.2, -0.15) is 0 Å². The van der Waals surface area contributed by atoms with E-state index in [-0.39, 0.29) is 36.3 Å². The van der Waals surface area contributed by atoms with Crippen molar-refractivity contribution in [2.75, 3.05) is 13.1 Å². The molecular formula is C21H22N4O4S. The maximum absolute atomic E-state index is 13.0. The summed E-state index contributed by atoms with van der Waals surface area (Å²) in [5, 5.41) is -0.673. The minimum Gasteiger partial charge on any atom is -0.481 e. The first-order chi connectivity index (χ1) is 14.5. The Morgan fingerprint density at radius 1 is 1.07 bits per heavy atom. The molecule has 1 aromatic carbocycles. The zero-order chi connectivity index (χ0) is 21.1. The summed E-state index contributed by atoms with van der Waals surface area (Å²) in [5.41, 5.74) is 0.173. The van der Waals surface area contributed by atoms with Crippen molar-refractivity contribution >= 4 is 29.4 Å². The number of carbonyl (C=O) groups excluding carboxylic acids is 2. The van der Waals surface area contributed by atoms with Crippen molar-refractivity contribution in [2.24, 2.45) is 0 Å². The molecule has 156 valence electrons. The summed E-state index contributed by atoms with van der Waals surface area (Å²) < 4.78 is 8.51. The number of benzene rings is 1. The summed E-state index contributed by atoms with van der Waals surface area (Å²) in [6.45, 7) is 1.64. The molecule has 1 aliphatic rings. The van der Waals surface area contributed by atoms with E-state index in [1.54, 1.807) is 10.8 Å². The Bertz CT molecular complexity index is 1130. The number of likely N-dealkylation sites (tertiary alicyclic amines) is 1. The van der Waals surface area contributed by atoms with E-state index in [4.69, 9.17) is 4.74 Å². The van der Waals surface area contributed by atoms with Crippen molar-refractivity contribution in [3.05, 3.63) is 64.3 Å². The minimum absolute atomic E-state index is 0.0368. The van der Waals surface area contributed by atoms with Gasteiger partial charge in [-0.3, -0.25) is 14.4 Å². The SMILES string of the molecule is O=C(S)c1nc2n(CC(=O)N3CCCCC3)ccn2c(=O)c1OCc1ccccc1. The number of piperidine rings is 1. The lowest BCUT2D eigenvalue weighted by Gasteiger charge is -2.26. The third-order valence-corrected chi connectivity index (χ3v) is 5.36. The molecule has 1 fully saturated rings. The van der Waals surface area contributed by atoms with Crippen molar-refractivity contribution in [1.82, 2.24) is 18.9 Å². The van der Waals surface area contributed by atoms with Crippen molar-refractivity contribution in [3.63, 3.8) is 0 Å². The van der Waals surface area contributed by atoms with Gasteiger partial charge in [-0.25, -0.2) is 9.38 Å². The summed E-state index contributed by atoms with van der Waals surface area (Å²) in [5.74, 6) is 0.0106. The molecule has 0 bridgehead atoms. The number of aromatic nitrogens is 3. The molecule has 30 heavy (non-hydrogen) atoms. The van der Waals surface area contributed by atoms with Gasteiger partial charge in [0.15, 0.2) is 5.69 Å². The lowest BCUT2D eigenvalue weighted by Crippen LogP contribution is -2.37. The van der Waals surface area contributed by atoms with Gasteiger partial charge in [0.05, 0.1) is 0 Å². The highest BCUT2D eigenvalue weighted by atomic mass is 32.1. The molecule has 1 aliphatic heterocycles. The lowest BCUT2D eigenvalue weighted by atomic mass is 10.1. The molecule has 0 atom stereocenters. The van der Waals surface area contributed by atoms with Crippen LogP contribution in [0.3, 0.4) is 0 Å². The van der Waals surface area contributed by atoms with Crippen molar-refractivity contribution in [3.8, 4) is 5.75 Å². The first-order valence-electron chi connectivity index (χ1n) is 9.84.